The summed E-state index contributed by atoms with van der Waals surface area (Å²) >= 11 is 0. The lowest BCUT2D eigenvalue weighted by molar-refractivity contribution is -0.124. The van der Waals surface area contributed by atoms with Gasteiger partial charge < -0.3 is 15.7 Å². The van der Waals surface area contributed by atoms with E-state index in [1.165, 1.54) is 24.3 Å². The molecule has 1 atom stereocenters. The van der Waals surface area contributed by atoms with Gasteiger partial charge in [0.2, 0.25) is 5.91 Å². The fourth-order valence-corrected chi connectivity index (χ4v) is 2.31. The molecule has 1 fully saturated rings. The number of rotatable bonds is 7. The minimum Gasteiger partial charge on any atom is -0.396 e. The van der Waals surface area contributed by atoms with Gasteiger partial charge in [-0.3, -0.25) is 9.59 Å². The van der Waals surface area contributed by atoms with Gasteiger partial charge in [-0.1, -0.05) is 13.8 Å². The van der Waals surface area contributed by atoms with Gasteiger partial charge in [-0.15, -0.1) is 0 Å². The maximum absolute atomic E-state index is 12.9. The topological polar surface area (TPSA) is 78.4 Å². The summed E-state index contributed by atoms with van der Waals surface area (Å²) in [4.78, 5) is 24.5. The Labute approximate surface area is 135 Å². The highest BCUT2D eigenvalue weighted by Crippen LogP contribution is 2.44. The molecule has 0 aromatic heterocycles. The molecule has 0 radical (unpaired) electrons. The molecule has 1 aromatic rings. The molecule has 0 heterocycles. The molecular formula is C17H23FN2O3. The van der Waals surface area contributed by atoms with Gasteiger partial charge in [0.05, 0.1) is 6.61 Å². The quantitative estimate of drug-likeness (QED) is 0.711. The van der Waals surface area contributed by atoms with E-state index in [0.29, 0.717) is 12.1 Å². The average Bonchev–Trinajstić information content (AvgIpc) is 3.31. The molecule has 0 saturated heterocycles. The first-order valence-corrected chi connectivity index (χ1v) is 7.82. The first kappa shape index (κ1) is 17.4. The molecule has 2 rings (SSSR count). The van der Waals surface area contributed by atoms with E-state index in [4.69, 9.17) is 0 Å². The molecular weight excluding hydrogens is 299 g/mol. The van der Waals surface area contributed by atoms with E-state index in [2.05, 4.69) is 10.6 Å². The second-order valence-electron chi connectivity index (χ2n) is 6.58. The van der Waals surface area contributed by atoms with Crippen LogP contribution in [-0.4, -0.2) is 36.1 Å². The van der Waals surface area contributed by atoms with Gasteiger partial charge in [0, 0.05) is 17.5 Å². The smallest absolute Gasteiger partial charge is 0.251 e. The first-order valence-electron chi connectivity index (χ1n) is 7.82. The third-order valence-corrected chi connectivity index (χ3v) is 4.27. The van der Waals surface area contributed by atoms with E-state index in [1.807, 2.05) is 13.8 Å². The first-order chi connectivity index (χ1) is 10.9. The van der Waals surface area contributed by atoms with Gasteiger partial charge >= 0.3 is 0 Å². The minimum absolute atomic E-state index is 0.0571. The molecule has 5 nitrogen and oxygen atoms in total. The monoisotopic (exact) mass is 322 g/mol. The summed E-state index contributed by atoms with van der Waals surface area (Å²) in [6, 6.07) is 4.49. The number of aliphatic hydroxyl groups excluding tert-OH is 1. The van der Waals surface area contributed by atoms with Gasteiger partial charge in [-0.05, 0) is 43.0 Å². The van der Waals surface area contributed by atoms with E-state index in [9.17, 15) is 19.1 Å². The van der Waals surface area contributed by atoms with Gasteiger partial charge in [0.25, 0.3) is 5.91 Å². The number of halogens is 1. The van der Waals surface area contributed by atoms with Crippen LogP contribution in [0.15, 0.2) is 24.3 Å². The summed E-state index contributed by atoms with van der Waals surface area (Å²) in [6.07, 6.45) is 1.80. The third-order valence-electron chi connectivity index (χ3n) is 4.27. The largest absolute Gasteiger partial charge is 0.396 e. The zero-order chi connectivity index (χ0) is 17.0. The maximum atomic E-state index is 12.9. The van der Waals surface area contributed by atoms with E-state index in [1.54, 1.807) is 0 Å². The Morgan fingerprint density at radius 3 is 2.35 bits per heavy atom. The average molecular weight is 322 g/mol. The molecule has 23 heavy (non-hydrogen) atoms. The van der Waals surface area contributed by atoms with E-state index < -0.39 is 17.8 Å². The molecule has 1 aliphatic rings. The lowest BCUT2D eigenvalue weighted by atomic mass is 10.0. The number of hydrogen-bond acceptors (Lipinski definition) is 3. The number of carbonyl (C=O) groups excluding carboxylic acids is 2. The summed E-state index contributed by atoms with van der Waals surface area (Å²) in [5, 5.41) is 14.8. The van der Waals surface area contributed by atoms with Crippen molar-refractivity contribution in [1.82, 2.24) is 10.6 Å². The Bertz CT molecular complexity index is 568. The van der Waals surface area contributed by atoms with Crippen LogP contribution < -0.4 is 10.6 Å². The Hall–Kier alpha value is -1.95. The van der Waals surface area contributed by atoms with Crippen molar-refractivity contribution in [2.75, 3.05) is 13.2 Å². The van der Waals surface area contributed by atoms with E-state index >= 15 is 0 Å². The van der Waals surface area contributed by atoms with Crippen molar-refractivity contribution in [1.29, 1.82) is 0 Å². The second kappa shape index (κ2) is 7.08. The molecule has 3 N–H and O–H groups in total. The van der Waals surface area contributed by atoms with Crippen LogP contribution in [0.4, 0.5) is 4.39 Å². The van der Waals surface area contributed by atoms with Crippen LogP contribution in [0.5, 0.6) is 0 Å². The summed E-state index contributed by atoms with van der Waals surface area (Å²) in [5.74, 6) is -1.19. The predicted molar refractivity (Wildman–Crippen MR) is 84.3 cm³/mol. The molecule has 0 bridgehead atoms. The van der Waals surface area contributed by atoms with Gasteiger partial charge in [-0.25, -0.2) is 4.39 Å². The summed E-state index contributed by atoms with van der Waals surface area (Å²) in [6.45, 7) is 4.15. The normalized spacial score (nSPS) is 16.7. The standard InChI is InChI=1S/C17H23FN2O3/c1-11(2)14(16(23)19-9-17(10-21)7-8-17)20-15(22)12-3-5-13(18)6-4-12/h3-6,11,14,21H,7-10H2,1-2H3,(H,19,23)(H,20,22). The molecule has 1 aromatic carbocycles. The molecule has 1 unspecified atom stereocenters. The van der Waals surface area contributed by atoms with E-state index in [-0.39, 0.29) is 23.8 Å². The number of benzene rings is 1. The molecule has 126 valence electrons. The summed E-state index contributed by atoms with van der Waals surface area (Å²) in [5.41, 5.74) is 0.122. The number of amides is 2. The SMILES string of the molecule is CC(C)C(NC(=O)c1ccc(F)cc1)C(=O)NCC1(CO)CC1. The molecule has 6 heteroatoms. The van der Waals surface area contributed by atoms with Crippen molar-refractivity contribution in [2.24, 2.45) is 11.3 Å². The molecule has 0 spiro atoms. The summed E-state index contributed by atoms with van der Waals surface area (Å²) < 4.78 is 12.9. The fraction of sp³-hybridized carbons (Fsp3) is 0.529. The predicted octanol–water partition coefficient (Wildman–Crippen LogP) is 1.47. The lowest BCUT2D eigenvalue weighted by Gasteiger charge is -2.23. The van der Waals surface area contributed by atoms with Gasteiger partial charge in [0.15, 0.2) is 0 Å². The third kappa shape index (κ3) is 4.51. The van der Waals surface area contributed by atoms with Crippen molar-refractivity contribution in [3.63, 3.8) is 0 Å². The van der Waals surface area contributed by atoms with Crippen LogP contribution >= 0.6 is 0 Å². The van der Waals surface area contributed by atoms with Crippen LogP contribution in [0.3, 0.4) is 0 Å². The Morgan fingerprint density at radius 2 is 1.87 bits per heavy atom. The molecule has 1 aliphatic carbocycles. The van der Waals surface area contributed by atoms with Crippen molar-refractivity contribution in [3.05, 3.63) is 35.6 Å². The number of nitrogens with one attached hydrogen (secondary N) is 2. The lowest BCUT2D eigenvalue weighted by Crippen LogP contribution is -2.50. The second-order valence-corrected chi connectivity index (χ2v) is 6.58. The zero-order valence-electron chi connectivity index (χ0n) is 13.4. The molecule has 2 amide bonds. The Balaban J connectivity index is 1.96. The van der Waals surface area contributed by atoms with Crippen molar-refractivity contribution in [3.8, 4) is 0 Å². The Kier molecular flexibility index (Phi) is 5.36. The fourth-order valence-electron chi connectivity index (χ4n) is 2.31. The highest BCUT2D eigenvalue weighted by Gasteiger charge is 2.42. The van der Waals surface area contributed by atoms with Crippen LogP contribution in [0, 0.1) is 17.2 Å². The van der Waals surface area contributed by atoms with Crippen LogP contribution in [0.2, 0.25) is 0 Å². The highest BCUT2D eigenvalue weighted by atomic mass is 19.1. The number of hydrogen-bond donors (Lipinski definition) is 3. The van der Waals surface area contributed by atoms with Crippen LogP contribution in [0.25, 0.3) is 0 Å². The molecule has 1 saturated carbocycles. The van der Waals surface area contributed by atoms with Crippen LogP contribution in [0.1, 0.15) is 37.0 Å². The van der Waals surface area contributed by atoms with E-state index in [0.717, 1.165) is 12.8 Å². The Morgan fingerprint density at radius 1 is 1.26 bits per heavy atom. The molecule has 0 aliphatic heterocycles. The zero-order valence-corrected chi connectivity index (χ0v) is 13.4. The minimum atomic E-state index is -0.679. The maximum Gasteiger partial charge on any atom is 0.251 e. The van der Waals surface area contributed by atoms with Crippen molar-refractivity contribution in [2.45, 2.75) is 32.7 Å². The van der Waals surface area contributed by atoms with Crippen molar-refractivity contribution >= 4 is 11.8 Å². The van der Waals surface area contributed by atoms with Crippen LogP contribution in [-0.2, 0) is 4.79 Å². The highest BCUT2D eigenvalue weighted by molar-refractivity contribution is 5.97. The summed E-state index contributed by atoms with van der Waals surface area (Å²) in [7, 11) is 0. The van der Waals surface area contributed by atoms with Gasteiger partial charge in [0.1, 0.15) is 11.9 Å². The van der Waals surface area contributed by atoms with Gasteiger partial charge in [-0.2, -0.15) is 0 Å². The number of aliphatic hydroxyl groups is 1. The van der Waals surface area contributed by atoms with Crippen molar-refractivity contribution < 1.29 is 19.1 Å². The number of carbonyl (C=O) groups is 2.